The first kappa shape index (κ1) is 16.9. The number of hydrogen-bond acceptors (Lipinski definition) is 5. The molecule has 0 bridgehead atoms. The predicted molar refractivity (Wildman–Crippen MR) is 78.1 cm³/mol. The summed E-state index contributed by atoms with van der Waals surface area (Å²) in [5.74, 6) is 0.822. The molecule has 0 aliphatic rings. The fraction of sp³-hybridized carbons (Fsp3) is 0.600. The summed E-state index contributed by atoms with van der Waals surface area (Å²) in [6.07, 6.45) is 0. The minimum atomic E-state index is -0.0405. The molecule has 0 fully saturated rings. The maximum absolute atomic E-state index is 5.89. The molecule has 0 aliphatic heterocycles. The highest BCUT2D eigenvalue weighted by molar-refractivity contribution is 5.35. The number of ether oxygens (including phenoxy) is 4. The molecule has 0 saturated heterocycles. The molecule has 0 spiro atoms. The third kappa shape index (κ3) is 6.86. The Labute approximate surface area is 121 Å². The van der Waals surface area contributed by atoms with Crippen LogP contribution in [0.15, 0.2) is 24.3 Å². The van der Waals surface area contributed by atoms with Crippen LogP contribution in [-0.2, 0) is 14.2 Å². The number of rotatable bonds is 11. The van der Waals surface area contributed by atoms with Crippen LogP contribution in [0.2, 0.25) is 0 Å². The van der Waals surface area contributed by atoms with Crippen molar-refractivity contribution in [3.8, 4) is 5.75 Å². The second kappa shape index (κ2) is 10.6. The quantitative estimate of drug-likeness (QED) is 0.627. The van der Waals surface area contributed by atoms with Gasteiger partial charge in [-0.05, 0) is 13.0 Å². The second-order valence-corrected chi connectivity index (χ2v) is 4.39. The Kier molecular flexibility index (Phi) is 8.98. The first-order chi connectivity index (χ1) is 9.75. The lowest BCUT2D eigenvalue weighted by Gasteiger charge is -2.13. The summed E-state index contributed by atoms with van der Waals surface area (Å²) in [6, 6.07) is 7.75. The van der Waals surface area contributed by atoms with Crippen molar-refractivity contribution in [2.24, 2.45) is 5.73 Å². The summed E-state index contributed by atoms with van der Waals surface area (Å²) in [6.45, 7) is 5.30. The molecule has 20 heavy (non-hydrogen) atoms. The van der Waals surface area contributed by atoms with Crippen molar-refractivity contribution < 1.29 is 18.9 Å². The second-order valence-electron chi connectivity index (χ2n) is 4.39. The first-order valence-electron chi connectivity index (χ1n) is 6.87. The fourth-order valence-corrected chi connectivity index (χ4v) is 1.66. The molecule has 1 atom stereocenters. The largest absolute Gasteiger partial charge is 0.491 e. The van der Waals surface area contributed by atoms with E-state index in [4.69, 9.17) is 24.7 Å². The molecule has 1 rings (SSSR count). The summed E-state index contributed by atoms with van der Waals surface area (Å²) < 4.78 is 21.2. The van der Waals surface area contributed by atoms with Gasteiger partial charge in [-0.3, -0.25) is 0 Å². The molecule has 1 aromatic rings. The van der Waals surface area contributed by atoms with Crippen LogP contribution in [0, 0.1) is 0 Å². The lowest BCUT2D eigenvalue weighted by atomic mass is 10.1. The van der Waals surface area contributed by atoms with Crippen molar-refractivity contribution in [3.05, 3.63) is 29.8 Å². The maximum Gasteiger partial charge on any atom is 0.124 e. The van der Waals surface area contributed by atoms with E-state index in [1.807, 2.05) is 31.2 Å². The third-order valence-electron chi connectivity index (χ3n) is 2.70. The monoisotopic (exact) mass is 283 g/mol. The minimum absolute atomic E-state index is 0.0405. The predicted octanol–water partition coefficient (Wildman–Crippen LogP) is 1.76. The third-order valence-corrected chi connectivity index (χ3v) is 2.70. The molecule has 5 heteroatoms. The van der Waals surface area contributed by atoms with Gasteiger partial charge in [0, 0.05) is 18.7 Å². The normalized spacial score (nSPS) is 12.3. The zero-order valence-electron chi connectivity index (χ0n) is 12.3. The Hall–Kier alpha value is -1.14. The molecular weight excluding hydrogens is 258 g/mol. The topological polar surface area (TPSA) is 62.9 Å². The Balaban J connectivity index is 2.10. The summed E-state index contributed by atoms with van der Waals surface area (Å²) >= 11 is 0. The number of hydrogen-bond donors (Lipinski definition) is 1. The van der Waals surface area contributed by atoms with E-state index in [0.29, 0.717) is 39.6 Å². The van der Waals surface area contributed by atoms with Crippen LogP contribution in [0.4, 0.5) is 0 Å². The van der Waals surface area contributed by atoms with Gasteiger partial charge < -0.3 is 24.7 Å². The molecule has 0 aliphatic carbocycles. The standard InChI is InChI=1S/C15H25NO4/c1-13(16)14-5-3-4-6-15(14)20-12-11-19-10-9-18-8-7-17-2/h3-6,13H,7-12,16H2,1-2H3/t13-/m0/s1. The van der Waals surface area contributed by atoms with Crippen LogP contribution >= 0.6 is 0 Å². The Morgan fingerprint density at radius 3 is 2.20 bits per heavy atom. The van der Waals surface area contributed by atoms with E-state index in [2.05, 4.69) is 0 Å². The van der Waals surface area contributed by atoms with Crippen LogP contribution in [0.3, 0.4) is 0 Å². The van der Waals surface area contributed by atoms with E-state index in [-0.39, 0.29) is 6.04 Å². The van der Waals surface area contributed by atoms with E-state index in [9.17, 15) is 0 Å². The van der Waals surface area contributed by atoms with E-state index >= 15 is 0 Å². The molecular formula is C15H25NO4. The molecule has 0 saturated carbocycles. The smallest absolute Gasteiger partial charge is 0.124 e. The SMILES string of the molecule is COCCOCCOCCOc1ccccc1[C@H](C)N. The van der Waals surface area contributed by atoms with Gasteiger partial charge in [-0.15, -0.1) is 0 Å². The average Bonchev–Trinajstić information content (AvgIpc) is 2.46. The van der Waals surface area contributed by atoms with E-state index in [0.717, 1.165) is 11.3 Å². The summed E-state index contributed by atoms with van der Waals surface area (Å²) in [5, 5.41) is 0. The van der Waals surface area contributed by atoms with Gasteiger partial charge in [0.25, 0.3) is 0 Å². The molecule has 0 aromatic heterocycles. The fourth-order valence-electron chi connectivity index (χ4n) is 1.66. The maximum atomic E-state index is 5.89. The van der Waals surface area contributed by atoms with Gasteiger partial charge in [-0.1, -0.05) is 18.2 Å². The van der Waals surface area contributed by atoms with Crippen LogP contribution in [0.25, 0.3) is 0 Å². The van der Waals surface area contributed by atoms with Gasteiger partial charge in [0.1, 0.15) is 12.4 Å². The summed E-state index contributed by atoms with van der Waals surface area (Å²) in [4.78, 5) is 0. The number of benzene rings is 1. The molecule has 1 aromatic carbocycles. The Morgan fingerprint density at radius 1 is 0.950 bits per heavy atom. The van der Waals surface area contributed by atoms with E-state index < -0.39 is 0 Å². The molecule has 2 N–H and O–H groups in total. The summed E-state index contributed by atoms with van der Waals surface area (Å²) in [7, 11) is 1.65. The highest BCUT2D eigenvalue weighted by atomic mass is 16.6. The van der Waals surface area contributed by atoms with Crippen molar-refractivity contribution in [2.45, 2.75) is 13.0 Å². The van der Waals surface area contributed by atoms with Crippen LogP contribution in [0.1, 0.15) is 18.5 Å². The van der Waals surface area contributed by atoms with Gasteiger partial charge in [-0.25, -0.2) is 0 Å². The zero-order chi connectivity index (χ0) is 14.6. The van der Waals surface area contributed by atoms with Crippen molar-refractivity contribution in [2.75, 3.05) is 46.8 Å². The number of para-hydroxylation sites is 1. The zero-order valence-corrected chi connectivity index (χ0v) is 12.3. The van der Waals surface area contributed by atoms with Crippen molar-refractivity contribution in [3.63, 3.8) is 0 Å². The van der Waals surface area contributed by atoms with Crippen molar-refractivity contribution in [1.82, 2.24) is 0 Å². The lowest BCUT2D eigenvalue weighted by molar-refractivity contribution is 0.0179. The molecule has 5 nitrogen and oxygen atoms in total. The molecule has 0 unspecified atom stereocenters. The van der Waals surface area contributed by atoms with Crippen molar-refractivity contribution in [1.29, 1.82) is 0 Å². The average molecular weight is 283 g/mol. The van der Waals surface area contributed by atoms with Crippen LogP contribution < -0.4 is 10.5 Å². The number of methoxy groups -OCH3 is 1. The summed E-state index contributed by atoms with van der Waals surface area (Å²) in [5.41, 5.74) is 6.90. The van der Waals surface area contributed by atoms with Gasteiger partial charge in [0.05, 0.1) is 33.0 Å². The van der Waals surface area contributed by atoms with Crippen LogP contribution in [-0.4, -0.2) is 46.8 Å². The van der Waals surface area contributed by atoms with Gasteiger partial charge in [-0.2, -0.15) is 0 Å². The minimum Gasteiger partial charge on any atom is -0.491 e. The highest BCUT2D eigenvalue weighted by Gasteiger charge is 2.06. The van der Waals surface area contributed by atoms with Crippen molar-refractivity contribution >= 4 is 0 Å². The van der Waals surface area contributed by atoms with E-state index in [1.54, 1.807) is 7.11 Å². The molecule has 0 heterocycles. The van der Waals surface area contributed by atoms with Gasteiger partial charge >= 0.3 is 0 Å². The van der Waals surface area contributed by atoms with Gasteiger partial charge in [0.15, 0.2) is 0 Å². The van der Waals surface area contributed by atoms with Crippen LogP contribution in [0.5, 0.6) is 5.75 Å². The highest BCUT2D eigenvalue weighted by Crippen LogP contribution is 2.22. The Morgan fingerprint density at radius 2 is 1.55 bits per heavy atom. The Bertz CT molecular complexity index is 357. The lowest BCUT2D eigenvalue weighted by Crippen LogP contribution is -2.13. The number of nitrogens with two attached hydrogens (primary N) is 1. The molecule has 114 valence electrons. The molecule has 0 radical (unpaired) electrons. The van der Waals surface area contributed by atoms with Gasteiger partial charge in [0.2, 0.25) is 0 Å². The van der Waals surface area contributed by atoms with E-state index in [1.165, 1.54) is 0 Å². The first-order valence-corrected chi connectivity index (χ1v) is 6.87. The molecule has 0 amide bonds.